The van der Waals surface area contributed by atoms with Gasteiger partial charge in [0.15, 0.2) is 0 Å². The summed E-state index contributed by atoms with van der Waals surface area (Å²) in [6.45, 7) is 10.5. The summed E-state index contributed by atoms with van der Waals surface area (Å²) >= 11 is 0. The average Bonchev–Trinajstić information content (AvgIpc) is 3.29. The van der Waals surface area contributed by atoms with Gasteiger partial charge in [0.2, 0.25) is 0 Å². The number of esters is 1. The van der Waals surface area contributed by atoms with Crippen LogP contribution in [0.2, 0.25) is 0 Å². The first-order chi connectivity index (χ1) is 31.4. The summed E-state index contributed by atoms with van der Waals surface area (Å²) in [4.78, 5) is 12.6. The van der Waals surface area contributed by atoms with Crippen molar-refractivity contribution in [3.63, 3.8) is 0 Å². The second-order valence-corrected chi connectivity index (χ2v) is 14.4. The highest BCUT2D eigenvalue weighted by Crippen LogP contribution is 2.32. The van der Waals surface area contributed by atoms with Crippen LogP contribution in [0.25, 0.3) is 0 Å². The summed E-state index contributed by atoms with van der Waals surface area (Å²) in [6.07, 6.45) is 4.52. The third kappa shape index (κ3) is 27.5. The molecular formula is C48H70F3NO12. The van der Waals surface area contributed by atoms with Crippen molar-refractivity contribution in [1.82, 2.24) is 0 Å². The molecule has 0 spiro atoms. The van der Waals surface area contributed by atoms with Crippen molar-refractivity contribution in [3.8, 4) is 5.75 Å². The van der Waals surface area contributed by atoms with Crippen LogP contribution in [0.4, 0.5) is 24.5 Å². The van der Waals surface area contributed by atoms with Gasteiger partial charge in [-0.05, 0) is 60.9 Å². The molecule has 3 rings (SSSR count). The number of rotatable bonds is 41. The second-order valence-electron chi connectivity index (χ2n) is 14.4. The van der Waals surface area contributed by atoms with Gasteiger partial charge in [-0.2, -0.15) is 13.2 Å². The molecule has 3 aromatic carbocycles. The second kappa shape index (κ2) is 36.4. The minimum Gasteiger partial charge on any atom is -0.491 e. The maximum Gasteiger partial charge on any atom is 0.416 e. The Morgan fingerprint density at radius 2 is 0.953 bits per heavy atom. The van der Waals surface area contributed by atoms with E-state index in [-0.39, 0.29) is 24.5 Å². The highest BCUT2D eigenvalue weighted by molar-refractivity contribution is 5.96. The Morgan fingerprint density at radius 1 is 0.500 bits per heavy atom. The summed E-state index contributed by atoms with van der Waals surface area (Å²) < 4.78 is 99.9. The first-order valence-electron chi connectivity index (χ1n) is 22.5. The Labute approximate surface area is 377 Å². The molecule has 1 N–H and O–H groups in total. The number of carbonyl (C=O) groups excluding carboxylic acids is 1. The van der Waals surface area contributed by atoms with Gasteiger partial charge in [0.1, 0.15) is 19.0 Å². The van der Waals surface area contributed by atoms with E-state index in [9.17, 15) is 18.0 Å². The first kappa shape index (κ1) is 54.5. The van der Waals surface area contributed by atoms with E-state index in [1.165, 1.54) is 62.3 Å². The third-order valence-corrected chi connectivity index (χ3v) is 9.29. The van der Waals surface area contributed by atoms with Gasteiger partial charge in [-0.25, -0.2) is 4.79 Å². The molecule has 64 heavy (non-hydrogen) atoms. The molecule has 0 aliphatic heterocycles. The predicted molar refractivity (Wildman–Crippen MR) is 238 cm³/mol. The minimum absolute atomic E-state index is 0.00291. The Bertz CT molecular complexity index is 1580. The monoisotopic (exact) mass is 909 g/mol. The SMILES string of the molecule is CCCCCCCCc1ccc(OCCOCCOCCOCCOCCOCCOCCOCCOCCOCCOC(=O)c2ccccc2Nc2cccc(C(F)(F)F)c2)cc1. The van der Waals surface area contributed by atoms with E-state index < -0.39 is 17.7 Å². The number of carbonyl (C=O) groups is 1. The summed E-state index contributed by atoms with van der Waals surface area (Å²) in [5, 5.41) is 2.86. The van der Waals surface area contributed by atoms with Crippen molar-refractivity contribution in [2.75, 3.05) is 137 Å². The maximum atomic E-state index is 13.1. The molecule has 0 atom stereocenters. The van der Waals surface area contributed by atoms with Gasteiger partial charge in [-0.15, -0.1) is 0 Å². The number of unbranched alkanes of at least 4 members (excludes halogenated alkanes) is 5. The van der Waals surface area contributed by atoms with Crippen LogP contribution < -0.4 is 10.1 Å². The number of benzene rings is 3. The van der Waals surface area contributed by atoms with Gasteiger partial charge in [0.05, 0.1) is 136 Å². The van der Waals surface area contributed by atoms with Crippen LogP contribution in [0, 0.1) is 0 Å². The fourth-order valence-electron chi connectivity index (χ4n) is 5.91. The predicted octanol–water partition coefficient (Wildman–Crippen LogP) is 8.74. The van der Waals surface area contributed by atoms with Gasteiger partial charge in [-0.3, -0.25) is 0 Å². The highest BCUT2D eigenvalue weighted by atomic mass is 19.4. The maximum absolute atomic E-state index is 13.1. The fourth-order valence-corrected chi connectivity index (χ4v) is 5.91. The number of aryl methyl sites for hydroxylation is 1. The van der Waals surface area contributed by atoms with E-state index in [1.807, 2.05) is 12.1 Å². The fraction of sp³-hybridized carbons (Fsp3) is 0.604. The van der Waals surface area contributed by atoms with Gasteiger partial charge in [0.25, 0.3) is 0 Å². The molecule has 3 aromatic rings. The average molecular weight is 910 g/mol. The van der Waals surface area contributed by atoms with Gasteiger partial charge in [-0.1, -0.05) is 69.4 Å². The van der Waals surface area contributed by atoms with Crippen LogP contribution in [-0.4, -0.2) is 138 Å². The standard InChI is InChI=1S/C48H70F3NO12/c1-2-3-4-5-6-7-11-41-16-18-44(19-17-41)63-38-36-61-34-32-59-30-28-57-26-24-55-22-20-54-21-23-56-25-27-58-29-31-60-33-35-62-37-39-64-47(53)45-14-8-9-15-46(45)52-43-13-10-12-42(40-43)48(49,50)51/h8-10,12-19,40,52H,2-7,11,20-39H2,1H3. The zero-order valence-corrected chi connectivity index (χ0v) is 37.6. The van der Waals surface area contributed by atoms with Crippen LogP contribution in [-0.2, 0) is 60.0 Å². The van der Waals surface area contributed by atoms with E-state index >= 15 is 0 Å². The van der Waals surface area contributed by atoms with Crippen molar-refractivity contribution in [1.29, 1.82) is 0 Å². The zero-order chi connectivity index (χ0) is 45.6. The smallest absolute Gasteiger partial charge is 0.416 e. The van der Waals surface area contributed by atoms with Gasteiger partial charge in [0, 0.05) is 5.69 Å². The molecule has 0 bridgehead atoms. The molecule has 0 saturated carbocycles. The molecular weight excluding hydrogens is 840 g/mol. The third-order valence-electron chi connectivity index (χ3n) is 9.29. The van der Waals surface area contributed by atoms with E-state index in [0.717, 1.165) is 24.3 Å². The summed E-state index contributed by atoms with van der Waals surface area (Å²) in [5.74, 6) is 0.241. The number of alkyl halides is 3. The number of hydrogen-bond acceptors (Lipinski definition) is 13. The lowest BCUT2D eigenvalue weighted by molar-refractivity contribution is -0.137. The van der Waals surface area contributed by atoms with Crippen molar-refractivity contribution < 1.29 is 70.1 Å². The van der Waals surface area contributed by atoms with Crippen LogP contribution in [0.5, 0.6) is 5.75 Å². The number of nitrogens with one attached hydrogen (secondary N) is 1. The van der Waals surface area contributed by atoms with E-state index in [0.29, 0.717) is 125 Å². The highest BCUT2D eigenvalue weighted by Gasteiger charge is 2.30. The Hall–Kier alpha value is -3.84. The topological polar surface area (TPSA) is 131 Å². The number of halogens is 3. The molecule has 0 fully saturated rings. The molecule has 16 heteroatoms. The minimum atomic E-state index is -4.48. The summed E-state index contributed by atoms with van der Waals surface area (Å²) in [5.41, 5.74) is 1.27. The lowest BCUT2D eigenvalue weighted by Gasteiger charge is -2.13. The molecule has 0 unspecified atom stereocenters. The Balaban J connectivity index is 0.979. The van der Waals surface area contributed by atoms with Crippen LogP contribution in [0.3, 0.4) is 0 Å². The summed E-state index contributed by atoms with van der Waals surface area (Å²) in [6, 6.07) is 19.5. The van der Waals surface area contributed by atoms with Crippen molar-refractivity contribution in [2.45, 2.75) is 58.0 Å². The number of para-hydroxylation sites is 1. The summed E-state index contributed by atoms with van der Waals surface area (Å²) in [7, 11) is 0. The largest absolute Gasteiger partial charge is 0.491 e. The Morgan fingerprint density at radius 3 is 1.45 bits per heavy atom. The molecule has 360 valence electrons. The number of hydrogen-bond donors (Lipinski definition) is 1. The van der Waals surface area contributed by atoms with Crippen molar-refractivity contribution in [3.05, 3.63) is 89.5 Å². The molecule has 0 radical (unpaired) electrons. The molecule has 0 saturated heterocycles. The van der Waals surface area contributed by atoms with E-state index in [2.05, 4.69) is 24.4 Å². The van der Waals surface area contributed by atoms with Crippen molar-refractivity contribution in [2.24, 2.45) is 0 Å². The van der Waals surface area contributed by atoms with Gasteiger partial charge < -0.3 is 57.4 Å². The normalized spacial score (nSPS) is 11.6. The molecule has 0 aliphatic carbocycles. The van der Waals surface area contributed by atoms with E-state index in [1.54, 1.807) is 18.2 Å². The first-order valence-corrected chi connectivity index (χ1v) is 22.5. The van der Waals surface area contributed by atoms with Crippen LogP contribution in [0.1, 0.15) is 66.9 Å². The lowest BCUT2D eigenvalue weighted by Crippen LogP contribution is -2.16. The van der Waals surface area contributed by atoms with Crippen molar-refractivity contribution >= 4 is 17.3 Å². The lowest BCUT2D eigenvalue weighted by atomic mass is 10.0. The number of ether oxygens (including phenoxy) is 11. The molecule has 13 nitrogen and oxygen atoms in total. The van der Waals surface area contributed by atoms with Crippen LogP contribution >= 0.6 is 0 Å². The Kier molecular flexibility index (Phi) is 31.0. The molecule has 0 aliphatic rings. The number of anilines is 2. The molecule has 0 heterocycles. The van der Waals surface area contributed by atoms with Crippen LogP contribution in [0.15, 0.2) is 72.8 Å². The van der Waals surface area contributed by atoms with Gasteiger partial charge >= 0.3 is 12.1 Å². The quantitative estimate of drug-likeness (QED) is 0.0431. The van der Waals surface area contributed by atoms with E-state index in [4.69, 9.17) is 52.1 Å². The molecule has 0 aromatic heterocycles. The zero-order valence-electron chi connectivity index (χ0n) is 37.6. The molecule has 0 amide bonds.